The van der Waals surface area contributed by atoms with E-state index in [2.05, 4.69) is 4.98 Å². The Morgan fingerprint density at radius 3 is 2.78 bits per heavy atom. The molecule has 0 saturated carbocycles. The molecule has 1 N–H and O–H groups in total. The van der Waals surface area contributed by atoms with Crippen molar-refractivity contribution >= 4 is 33.9 Å². The molecule has 0 aliphatic heterocycles. The number of aromatic nitrogens is 2. The number of hydrogen-bond acceptors (Lipinski definition) is 3. The molecule has 0 fully saturated rings. The van der Waals surface area contributed by atoms with Crippen LogP contribution in [0.4, 0.5) is 0 Å². The first-order chi connectivity index (χ1) is 8.50. The topological polar surface area (TPSA) is 54.9 Å². The van der Waals surface area contributed by atoms with Gasteiger partial charge in [0.25, 0.3) is 5.56 Å². The summed E-state index contributed by atoms with van der Waals surface area (Å²) >= 11 is 5.18. The molecule has 0 spiro atoms. The molecule has 2 atom stereocenters. The third-order valence-corrected chi connectivity index (χ3v) is 4.50. The number of benzene rings is 1. The third-order valence-electron chi connectivity index (χ3n) is 2.90. The highest BCUT2D eigenvalue weighted by molar-refractivity contribution is 7.84. The molecule has 0 saturated heterocycles. The molecule has 0 bridgehead atoms. The van der Waals surface area contributed by atoms with Gasteiger partial charge in [-0.2, -0.15) is 0 Å². The van der Waals surface area contributed by atoms with Gasteiger partial charge in [0.05, 0.1) is 10.9 Å². The molecule has 2 unspecified atom stereocenters. The molecule has 0 radical (unpaired) electrons. The maximum absolute atomic E-state index is 12.3. The molecular weight excluding hydrogens is 268 g/mol. The van der Waals surface area contributed by atoms with Gasteiger partial charge in [-0.3, -0.25) is 13.6 Å². The molecule has 6 heteroatoms. The SMILES string of the molecule is CC(Cn1c(=S)[nH]c2ccccc2c1=O)S(C)=O. The average Bonchev–Trinajstić information content (AvgIpc) is 2.34. The van der Waals surface area contributed by atoms with E-state index in [0.29, 0.717) is 16.7 Å². The molecule has 1 aromatic heterocycles. The van der Waals surface area contributed by atoms with Gasteiger partial charge in [0, 0.05) is 28.9 Å². The quantitative estimate of drug-likeness (QED) is 0.874. The highest BCUT2D eigenvalue weighted by Gasteiger charge is 2.11. The summed E-state index contributed by atoms with van der Waals surface area (Å²) in [7, 11) is -0.981. The van der Waals surface area contributed by atoms with Gasteiger partial charge < -0.3 is 4.98 Å². The molecule has 4 nitrogen and oxygen atoms in total. The fourth-order valence-corrected chi connectivity index (χ4v) is 2.35. The van der Waals surface area contributed by atoms with Gasteiger partial charge in [-0.05, 0) is 31.3 Å². The zero-order valence-corrected chi connectivity index (χ0v) is 11.8. The van der Waals surface area contributed by atoms with Crippen LogP contribution in [0.2, 0.25) is 0 Å². The van der Waals surface area contributed by atoms with Crippen molar-refractivity contribution in [2.45, 2.75) is 18.7 Å². The van der Waals surface area contributed by atoms with Crippen LogP contribution in [-0.4, -0.2) is 25.3 Å². The second-order valence-electron chi connectivity index (χ2n) is 4.20. The predicted molar refractivity (Wildman–Crippen MR) is 76.9 cm³/mol. The monoisotopic (exact) mass is 282 g/mol. The molecule has 0 aliphatic carbocycles. The van der Waals surface area contributed by atoms with Crippen LogP contribution in [0.15, 0.2) is 29.1 Å². The van der Waals surface area contributed by atoms with Crippen LogP contribution < -0.4 is 5.56 Å². The van der Waals surface area contributed by atoms with Crippen molar-refractivity contribution < 1.29 is 4.21 Å². The number of fused-ring (bicyclic) bond motifs is 1. The normalized spacial score (nSPS) is 14.6. The lowest BCUT2D eigenvalue weighted by Crippen LogP contribution is -2.28. The summed E-state index contributed by atoms with van der Waals surface area (Å²) in [6, 6.07) is 7.23. The van der Waals surface area contributed by atoms with Gasteiger partial charge in [0.15, 0.2) is 4.77 Å². The fourth-order valence-electron chi connectivity index (χ4n) is 1.73. The minimum Gasteiger partial charge on any atom is -0.332 e. The van der Waals surface area contributed by atoms with Gasteiger partial charge in [-0.15, -0.1) is 0 Å². The zero-order valence-electron chi connectivity index (χ0n) is 10.2. The summed E-state index contributed by atoms with van der Waals surface area (Å²) in [6.45, 7) is 2.20. The summed E-state index contributed by atoms with van der Waals surface area (Å²) in [5.74, 6) is 0. The van der Waals surface area contributed by atoms with Crippen molar-refractivity contribution in [2.24, 2.45) is 0 Å². The van der Waals surface area contributed by atoms with Crippen LogP contribution in [0, 0.1) is 4.77 Å². The second-order valence-corrected chi connectivity index (χ2v) is 6.39. The van der Waals surface area contributed by atoms with Crippen LogP contribution in [0.3, 0.4) is 0 Å². The van der Waals surface area contributed by atoms with Gasteiger partial charge in [0.1, 0.15) is 0 Å². The van der Waals surface area contributed by atoms with E-state index in [4.69, 9.17) is 12.2 Å². The lowest BCUT2D eigenvalue weighted by molar-refractivity contribution is 0.621. The van der Waals surface area contributed by atoms with E-state index >= 15 is 0 Å². The number of nitrogens with one attached hydrogen (secondary N) is 1. The predicted octanol–water partition coefficient (Wildman–Crippen LogP) is 1.83. The number of hydrogen-bond donors (Lipinski definition) is 1. The number of para-hydroxylation sites is 1. The van der Waals surface area contributed by atoms with Crippen molar-refractivity contribution in [2.75, 3.05) is 6.26 Å². The molecule has 2 rings (SSSR count). The average molecular weight is 282 g/mol. The maximum Gasteiger partial charge on any atom is 0.262 e. The van der Waals surface area contributed by atoms with E-state index in [0.717, 1.165) is 5.52 Å². The van der Waals surface area contributed by atoms with Gasteiger partial charge >= 0.3 is 0 Å². The van der Waals surface area contributed by atoms with E-state index in [1.54, 1.807) is 12.3 Å². The lowest BCUT2D eigenvalue weighted by Gasteiger charge is -2.11. The van der Waals surface area contributed by atoms with Crippen LogP contribution in [0.1, 0.15) is 6.92 Å². The molecule has 1 aromatic carbocycles. The summed E-state index contributed by atoms with van der Waals surface area (Å²) in [5.41, 5.74) is 0.598. The van der Waals surface area contributed by atoms with Crippen molar-refractivity contribution in [3.63, 3.8) is 0 Å². The summed E-state index contributed by atoms with van der Waals surface area (Å²) in [4.78, 5) is 15.3. The van der Waals surface area contributed by atoms with Crippen molar-refractivity contribution in [1.29, 1.82) is 0 Å². The van der Waals surface area contributed by atoms with E-state index in [1.807, 2.05) is 25.1 Å². The molecule has 2 aromatic rings. The largest absolute Gasteiger partial charge is 0.332 e. The second kappa shape index (κ2) is 5.16. The summed E-state index contributed by atoms with van der Waals surface area (Å²) < 4.78 is 13.2. The Hall–Kier alpha value is -1.27. The first kappa shape index (κ1) is 13.2. The van der Waals surface area contributed by atoms with E-state index < -0.39 is 10.8 Å². The van der Waals surface area contributed by atoms with Gasteiger partial charge in [-0.1, -0.05) is 12.1 Å². The summed E-state index contributed by atoms with van der Waals surface area (Å²) in [6.07, 6.45) is 1.63. The van der Waals surface area contributed by atoms with Crippen LogP contribution in [0.25, 0.3) is 10.9 Å². The van der Waals surface area contributed by atoms with Gasteiger partial charge in [0.2, 0.25) is 0 Å². The smallest absolute Gasteiger partial charge is 0.262 e. The van der Waals surface area contributed by atoms with Crippen molar-refractivity contribution in [3.8, 4) is 0 Å². The van der Waals surface area contributed by atoms with Gasteiger partial charge in [-0.25, -0.2) is 0 Å². The fraction of sp³-hybridized carbons (Fsp3) is 0.333. The maximum atomic E-state index is 12.3. The Balaban J connectivity index is 2.62. The number of aromatic amines is 1. The molecule has 0 amide bonds. The van der Waals surface area contributed by atoms with E-state index in [1.165, 1.54) is 4.57 Å². The first-order valence-electron chi connectivity index (χ1n) is 5.55. The number of nitrogens with zero attached hydrogens (tertiary/aromatic N) is 1. The number of rotatable bonds is 3. The molecule has 0 aliphatic rings. The van der Waals surface area contributed by atoms with E-state index in [9.17, 15) is 9.00 Å². The highest BCUT2D eigenvalue weighted by Crippen LogP contribution is 2.07. The molecule has 1 heterocycles. The highest BCUT2D eigenvalue weighted by atomic mass is 32.2. The Kier molecular flexibility index (Phi) is 3.77. The van der Waals surface area contributed by atoms with E-state index in [-0.39, 0.29) is 10.8 Å². The minimum atomic E-state index is -0.981. The summed E-state index contributed by atoms with van der Waals surface area (Å²) in [5, 5.41) is 0.485. The Morgan fingerprint density at radius 1 is 1.44 bits per heavy atom. The molecule has 18 heavy (non-hydrogen) atoms. The van der Waals surface area contributed by atoms with Crippen LogP contribution in [-0.2, 0) is 17.3 Å². The van der Waals surface area contributed by atoms with Crippen LogP contribution in [0.5, 0.6) is 0 Å². The number of H-pyrrole nitrogens is 1. The standard InChI is InChI=1S/C12H14N2O2S2/c1-8(18(2)16)7-14-11(15)9-5-3-4-6-10(9)13-12(14)17/h3-6,8H,7H2,1-2H3,(H,13,17). The third kappa shape index (κ3) is 2.44. The zero-order chi connectivity index (χ0) is 13.3. The minimum absolute atomic E-state index is 0.112. The first-order valence-corrected chi connectivity index (χ1v) is 7.57. The Morgan fingerprint density at radius 2 is 2.11 bits per heavy atom. The van der Waals surface area contributed by atoms with Crippen molar-refractivity contribution in [1.82, 2.24) is 9.55 Å². The van der Waals surface area contributed by atoms with Crippen molar-refractivity contribution in [3.05, 3.63) is 39.4 Å². The van der Waals surface area contributed by atoms with Crippen LogP contribution >= 0.6 is 12.2 Å². The Labute approximate surface area is 112 Å². The molecular formula is C12H14N2O2S2. The molecule has 96 valence electrons. The Bertz CT molecular complexity index is 718. The lowest BCUT2D eigenvalue weighted by atomic mass is 10.2.